The predicted octanol–water partition coefficient (Wildman–Crippen LogP) is 3.65. The van der Waals surface area contributed by atoms with Gasteiger partial charge < -0.3 is 16.0 Å². The summed E-state index contributed by atoms with van der Waals surface area (Å²) in [5.74, 6) is -2.42. The molecule has 0 bridgehead atoms. The highest BCUT2D eigenvalue weighted by Crippen LogP contribution is 2.23. The van der Waals surface area contributed by atoms with Crippen LogP contribution in [0.5, 0.6) is 0 Å². The number of rotatable bonds is 4. The van der Waals surface area contributed by atoms with E-state index in [4.69, 9.17) is 34.8 Å². The van der Waals surface area contributed by atoms with Gasteiger partial charge in [0.25, 0.3) is 0 Å². The summed E-state index contributed by atoms with van der Waals surface area (Å²) < 4.78 is 0. The third-order valence-corrected chi connectivity index (χ3v) is 4.12. The maximum absolute atomic E-state index is 11.9. The lowest BCUT2D eigenvalue weighted by atomic mass is 10.2. The number of amides is 3. The Hall–Kier alpha value is -2.28. The zero-order valence-electron chi connectivity index (χ0n) is 13.5. The molecule has 0 radical (unpaired) electrons. The molecule has 0 fully saturated rings. The Morgan fingerprint density at radius 1 is 0.923 bits per heavy atom. The van der Waals surface area contributed by atoms with E-state index in [-0.39, 0.29) is 12.2 Å². The summed E-state index contributed by atoms with van der Waals surface area (Å²) in [6.07, 6.45) is 0. The normalized spacial score (nSPS) is 10.2. The fraction of sp³-hybridized carbons (Fsp3) is 0.118. The number of anilines is 2. The van der Waals surface area contributed by atoms with Crippen molar-refractivity contribution < 1.29 is 14.4 Å². The van der Waals surface area contributed by atoms with E-state index in [1.807, 2.05) is 0 Å². The van der Waals surface area contributed by atoms with Crippen molar-refractivity contribution in [2.75, 3.05) is 17.2 Å². The van der Waals surface area contributed by atoms with Gasteiger partial charge in [0.2, 0.25) is 5.91 Å². The Labute approximate surface area is 164 Å². The molecule has 0 aromatic heterocycles. The maximum atomic E-state index is 11.9. The number of halogens is 3. The predicted molar refractivity (Wildman–Crippen MR) is 103 cm³/mol. The second-order valence-corrected chi connectivity index (χ2v) is 6.54. The molecule has 0 aliphatic heterocycles. The van der Waals surface area contributed by atoms with Crippen LogP contribution in [0, 0.1) is 6.92 Å². The molecule has 0 heterocycles. The van der Waals surface area contributed by atoms with Gasteiger partial charge in [-0.3, -0.25) is 14.4 Å². The summed E-state index contributed by atoms with van der Waals surface area (Å²) in [7, 11) is 0. The van der Waals surface area contributed by atoms with Gasteiger partial charge in [-0.2, -0.15) is 0 Å². The van der Waals surface area contributed by atoms with E-state index in [1.54, 1.807) is 25.1 Å². The van der Waals surface area contributed by atoms with Crippen molar-refractivity contribution in [1.29, 1.82) is 0 Å². The van der Waals surface area contributed by atoms with Gasteiger partial charge in [-0.1, -0.05) is 40.9 Å². The van der Waals surface area contributed by atoms with Crippen molar-refractivity contribution in [3.05, 3.63) is 57.0 Å². The van der Waals surface area contributed by atoms with Crippen molar-refractivity contribution in [2.24, 2.45) is 0 Å². The molecule has 2 rings (SSSR count). The molecule has 0 spiro atoms. The molecule has 0 unspecified atom stereocenters. The van der Waals surface area contributed by atoms with E-state index in [2.05, 4.69) is 16.0 Å². The first-order valence-corrected chi connectivity index (χ1v) is 8.50. The minimum absolute atomic E-state index is 0.265. The monoisotopic (exact) mass is 413 g/mol. The lowest BCUT2D eigenvalue weighted by Gasteiger charge is -2.10. The van der Waals surface area contributed by atoms with Crippen LogP contribution in [0.1, 0.15) is 5.56 Å². The molecule has 0 saturated heterocycles. The maximum Gasteiger partial charge on any atom is 0.313 e. The Balaban J connectivity index is 1.88. The van der Waals surface area contributed by atoms with Crippen molar-refractivity contribution in [3.8, 4) is 0 Å². The number of carbonyl (C=O) groups excluding carboxylic acids is 3. The molecule has 136 valence electrons. The summed E-state index contributed by atoms with van der Waals surface area (Å²) >= 11 is 17.6. The second kappa shape index (κ2) is 8.89. The van der Waals surface area contributed by atoms with Gasteiger partial charge >= 0.3 is 11.8 Å². The number of benzene rings is 2. The first-order valence-electron chi connectivity index (χ1n) is 7.36. The number of hydrogen-bond donors (Lipinski definition) is 3. The molecule has 0 saturated carbocycles. The summed E-state index contributed by atoms with van der Waals surface area (Å²) in [4.78, 5) is 35.6. The van der Waals surface area contributed by atoms with Crippen molar-refractivity contribution in [2.45, 2.75) is 6.92 Å². The molecular weight excluding hydrogens is 401 g/mol. The van der Waals surface area contributed by atoms with Crippen LogP contribution in [0.15, 0.2) is 36.4 Å². The number of carbonyl (C=O) groups is 3. The van der Waals surface area contributed by atoms with Gasteiger partial charge in [0.1, 0.15) is 0 Å². The Morgan fingerprint density at radius 2 is 1.58 bits per heavy atom. The standard InChI is InChI=1S/C17H14Cl3N3O3/c1-9-13(20)3-2-4-14(9)23-15(24)8-21-16(25)17(26)22-12-6-10(18)5-11(19)7-12/h2-7H,8H2,1H3,(H,21,25)(H,22,26)(H,23,24). The molecule has 3 N–H and O–H groups in total. The fourth-order valence-corrected chi connectivity index (χ4v) is 2.69. The molecule has 0 aliphatic carbocycles. The van der Waals surface area contributed by atoms with Gasteiger partial charge in [-0.05, 0) is 42.8 Å². The lowest BCUT2D eigenvalue weighted by Crippen LogP contribution is -2.39. The van der Waals surface area contributed by atoms with Crippen LogP contribution >= 0.6 is 34.8 Å². The van der Waals surface area contributed by atoms with E-state index in [9.17, 15) is 14.4 Å². The highest BCUT2D eigenvalue weighted by Gasteiger charge is 2.16. The van der Waals surface area contributed by atoms with Gasteiger partial charge in [0, 0.05) is 26.4 Å². The molecule has 3 amide bonds. The Bertz CT molecular complexity index is 851. The van der Waals surface area contributed by atoms with E-state index < -0.39 is 17.7 Å². The lowest BCUT2D eigenvalue weighted by molar-refractivity contribution is -0.136. The van der Waals surface area contributed by atoms with E-state index in [1.165, 1.54) is 18.2 Å². The molecule has 6 nitrogen and oxygen atoms in total. The highest BCUT2D eigenvalue weighted by atomic mass is 35.5. The van der Waals surface area contributed by atoms with E-state index in [0.717, 1.165) is 0 Å². The zero-order chi connectivity index (χ0) is 19.3. The number of nitrogens with one attached hydrogen (secondary N) is 3. The Morgan fingerprint density at radius 3 is 2.23 bits per heavy atom. The molecule has 0 aliphatic rings. The minimum atomic E-state index is -0.973. The van der Waals surface area contributed by atoms with Crippen LogP contribution in [-0.2, 0) is 14.4 Å². The molecule has 2 aromatic carbocycles. The summed E-state index contributed by atoms with van der Waals surface area (Å²) in [6, 6.07) is 9.42. The molecular formula is C17H14Cl3N3O3. The quantitative estimate of drug-likeness (QED) is 0.667. The van der Waals surface area contributed by atoms with Crippen LogP contribution in [0.25, 0.3) is 0 Å². The average Bonchev–Trinajstić information content (AvgIpc) is 2.55. The molecule has 2 aromatic rings. The zero-order valence-corrected chi connectivity index (χ0v) is 15.8. The third kappa shape index (κ3) is 5.62. The van der Waals surface area contributed by atoms with E-state index in [0.29, 0.717) is 26.3 Å². The van der Waals surface area contributed by atoms with Crippen molar-refractivity contribution in [3.63, 3.8) is 0 Å². The van der Waals surface area contributed by atoms with Crippen LogP contribution in [0.3, 0.4) is 0 Å². The minimum Gasteiger partial charge on any atom is -0.339 e. The summed E-state index contributed by atoms with van der Waals surface area (Å²) in [5.41, 5.74) is 1.49. The van der Waals surface area contributed by atoms with Gasteiger partial charge in [-0.25, -0.2) is 0 Å². The van der Waals surface area contributed by atoms with Crippen LogP contribution < -0.4 is 16.0 Å². The van der Waals surface area contributed by atoms with Crippen LogP contribution in [0.4, 0.5) is 11.4 Å². The first kappa shape index (κ1) is 20.0. The fourth-order valence-electron chi connectivity index (χ4n) is 1.99. The third-order valence-electron chi connectivity index (χ3n) is 3.28. The first-order chi connectivity index (χ1) is 12.3. The van der Waals surface area contributed by atoms with Crippen molar-refractivity contribution in [1.82, 2.24) is 5.32 Å². The van der Waals surface area contributed by atoms with Crippen LogP contribution in [0.2, 0.25) is 15.1 Å². The topological polar surface area (TPSA) is 87.3 Å². The van der Waals surface area contributed by atoms with Gasteiger partial charge in [0.05, 0.1) is 6.54 Å². The molecule has 0 atom stereocenters. The Kier molecular flexibility index (Phi) is 6.85. The van der Waals surface area contributed by atoms with Gasteiger partial charge in [-0.15, -0.1) is 0 Å². The van der Waals surface area contributed by atoms with Crippen molar-refractivity contribution >= 4 is 63.9 Å². The SMILES string of the molecule is Cc1c(Cl)cccc1NC(=O)CNC(=O)C(=O)Nc1cc(Cl)cc(Cl)c1. The van der Waals surface area contributed by atoms with E-state index >= 15 is 0 Å². The van der Waals surface area contributed by atoms with Crippen LogP contribution in [-0.4, -0.2) is 24.3 Å². The smallest absolute Gasteiger partial charge is 0.313 e. The average molecular weight is 415 g/mol. The number of hydrogen-bond acceptors (Lipinski definition) is 3. The molecule has 26 heavy (non-hydrogen) atoms. The second-order valence-electron chi connectivity index (χ2n) is 5.26. The largest absolute Gasteiger partial charge is 0.339 e. The molecule has 9 heteroatoms. The summed E-state index contributed by atoms with van der Waals surface area (Å²) in [5, 5.41) is 8.30. The highest BCUT2D eigenvalue weighted by molar-refractivity contribution is 6.40. The summed E-state index contributed by atoms with van der Waals surface area (Å²) in [6.45, 7) is 1.37. The van der Waals surface area contributed by atoms with Gasteiger partial charge in [0.15, 0.2) is 0 Å².